The van der Waals surface area contributed by atoms with Gasteiger partial charge >= 0.3 is 0 Å². The summed E-state index contributed by atoms with van der Waals surface area (Å²) >= 11 is 1.39. The Morgan fingerprint density at radius 3 is 2.04 bits per heavy atom. The average Bonchev–Trinajstić information content (AvgIpc) is 3.10. The number of nitrogens with zero attached hydrogens (tertiary/aromatic N) is 1. The Morgan fingerprint density at radius 1 is 0.875 bits per heavy atom. The Bertz CT molecular complexity index is 817. The van der Waals surface area contributed by atoms with Crippen molar-refractivity contribution in [1.82, 2.24) is 4.37 Å². The molecule has 0 aliphatic rings. The van der Waals surface area contributed by atoms with Crippen LogP contribution in [0.3, 0.4) is 0 Å². The van der Waals surface area contributed by atoms with Crippen LogP contribution in [0.2, 0.25) is 0 Å². The minimum atomic E-state index is 0.233. The first kappa shape index (κ1) is 16.1. The summed E-state index contributed by atoms with van der Waals surface area (Å²) in [6.45, 7) is 0. The predicted molar refractivity (Wildman–Crippen MR) is 94.3 cm³/mol. The van der Waals surface area contributed by atoms with E-state index in [0.717, 1.165) is 21.6 Å². The van der Waals surface area contributed by atoms with Gasteiger partial charge in [0.1, 0.15) is 5.75 Å². The Labute approximate surface area is 144 Å². The molecule has 1 heterocycles. The van der Waals surface area contributed by atoms with E-state index >= 15 is 0 Å². The van der Waals surface area contributed by atoms with Crippen molar-refractivity contribution in [3.05, 3.63) is 42.6 Å². The molecule has 0 fully saturated rings. The Balaban J connectivity index is 2.14. The maximum Gasteiger partial charge on any atom is 0.203 e. The van der Waals surface area contributed by atoms with Gasteiger partial charge in [-0.3, -0.25) is 0 Å². The van der Waals surface area contributed by atoms with Crippen LogP contribution in [0.1, 0.15) is 0 Å². The lowest BCUT2D eigenvalue weighted by Gasteiger charge is -2.14. The first-order valence-electron chi connectivity index (χ1n) is 7.22. The van der Waals surface area contributed by atoms with Gasteiger partial charge in [0.15, 0.2) is 11.5 Å². The van der Waals surface area contributed by atoms with Gasteiger partial charge in [0.05, 0.1) is 26.2 Å². The predicted octanol–water partition coefficient (Wildman–Crippen LogP) is 4.21. The third-order valence-electron chi connectivity index (χ3n) is 3.68. The molecule has 2 aromatic carbocycles. The van der Waals surface area contributed by atoms with E-state index in [-0.39, 0.29) is 5.75 Å². The molecule has 0 saturated heterocycles. The van der Waals surface area contributed by atoms with Crippen LogP contribution >= 0.6 is 11.5 Å². The van der Waals surface area contributed by atoms with Crippen LogP contribution in [-0.4, -0.2) is 30.8 Å². The topological polar surface area (TPSA) is 60.8 Å². The second-order valence-electron chi connectivity index (χ2n) is 5.03. The van der Waals surface area contributed by atoms with Crippen molar-refractivity contribution < 1.29 is 19.3 Å². The molecule has 3 aromatic rings. The molecule has 0 aliphatic carbocycles. The van der Waals surface area contributed by atoms with Crippen molar-refractivity contribution in [3.63, 3.8) is 0 Å². The standard InChI is InChI=1S/C18H17NO4S/c1-21-15-8-12(9-16(22-2)17(15)23-3)18-14(10-19-24-18)11-4-6-13(20)7-5-11/h4-10,20H,1-3H3. The van der Waals surface area contributed by atoms with E-state index in [1.54, 1.807) is 33.5 Å². The van der Waals surface area contributed by atoms with E-state index in [1.165, 1.54) is 11.5 Å². The second kappa shape index (κ2) is 6.80. The largest absolute Gasteiger partial charge is 0.508 e. The highest BCUT2D eigenvalue weighted by atomic mass is 32.1. The van der Waals surface area contributed by atoms with E-state index in [1.807, 2.05) is 30.5 Å². The molecule has 0 unspecified atom stereocenters. The molecule has 0 atom stereocenters. The summed E-state index contributed by atoms with van der Waals surface area (Å²) in [4.78, 5) is 0.986. The van der Waals surface area contributed by atoms with Gasteiger partial charge in [0.25, 0.3) is 0 Å². The fourth-order valence-corrected chi connectivity index (χ4v) is 3.26. The number of methoxy groups -OCH3 is 3. The lowest BCUT2D eigenvalue weighted by molar-refractivity contribution is 0.324. The molecule has 0 radical (unpaired) electrons. The SMILES string of the molecule is COc1cc(-c2sncc2-c2ccc(O)cc2)cc(OC)c1OC. The Hall–Kier alpha value is -2.73. The molecule has 5 nitrogen and oxygen atoms in total. The summed E-state index contributed by atoms with van der Waals surface area (Å²) in [6, 6.07) is 10.8. The third-order valence-corrected chi connectivity index (χ3v) is 4.52. The first-order chi connectivity index (χ1) is 11.7. The van der Waals surface area contributed by atoms with Crippen LogP contribution in [0.5, 0.6) is 23.0 Å². The maximum atomic E-state index is 9.47. The van der Waals surface area contributed by atoms with Crippen molar-refractivity contribution in [1.29, 1.82) is 0 Å². The Kier molecular flexibility index (Phi) is 4.57. The average molecular weight is 343 g/mol. The van der Waals surface area contributed by atoms with E-state index in [9.17, 15) is 5.11 Å². The molecule has 0 aliphatic heterocycles. The van der Waals surface area contributed by atoms with Crippen LogP contribution in [0.15, 0.2) is 42.6 Å². The maximum absolute atomic E-state index is 9.47. The number of rotatable bonds is 5. The van der Waals surface area contributed by atoms with Crippen LogP contribution < -0.4 is 14.2 Å². The Morgan fingerprint density at radius 2 is 1.50 bits per heavy atom. The highest BCUT2D eigenvalue weighted by Crippen LogP contribution is 2.44. The van der Waals surface area contributed by atoms with Crippen molar-refractivity contribution in [2.24, 2.45) is 0 Å². The summed E-state index contributed by atoms with van der Waals surface area (Å²) in [7, 11) is 4.76. The van der Waals surface area contributed by atoms with Gasteiger partial charge < -0.3 is 19.3 Å². The molecule has 6 heteroatoms. The minimum Gasteiger partial charge on any atom is -0.508 e. The highest BCUT2D eigenvalue weighted by Gasteiger charge is 2.17. The van der Waals surface area contributed by atoms with Gasteiger partial charge in [-0.2, -0.15) is 4.37 Å². The number of phenols is 1. The minimum absolute atomic E-state index is 0.233. The van der Waals surface area contributed by atoms with E-state index in [2.05, 4.69) is 4.37 Å². The lowest BCUT2D eigenvalue weighted by Crippen LogP contribution is -1.95. The van der Waals surface area contributed by atoms with E-state index in [4.69, 9.17) is 14.2 Å². The second-order valence-corrected chi connectivity index (χ2v) is 5.83. The van der Waals surface area contributed by atoms with Crippen molar-refractivity contribution in [3.8, 4) is 44.6 Å². The number of benzene rings is 2. The summed E-state index contributed by atoms with van der Waals surface area (Å²) in [5, 5.41) is 9.47. The van der Waals surface area contributed by atoms with Gasteiger partial charge in [0.2, 0.25) is 5.75 Å². The lowest BCUT2D eigenvalue weighted by atomic mass is 10.0. The zero-order valence-corrected chi connectivity index (χ0v) is 14.4. The smallest absolute Gasteiger partial charge is 0.203 e. The number of aromatic hydroxyl groups is 1. The molecule has 0 amide bonds. The third kappa shape index (κ3) is 2.88. The van der Waals surface area contributed by atoms with Crippen molar-refractivity contribution >= 4 is 11.5 Å². The van der Waals surface area contributed by atoms with Crippen LogP contribution in [-0.2, 0) is 0 Å². The van der Waals surface area contributed by atoms with Gasteiger partial charge in [-0.15, -0.1) is 0 Å². The van der Waals surface area contributed by atoms with Crippen LogP contribution in [0.4, 0.5) is 0 Å². The summed E-state index contributed by atoms with van der Waals surface area (Å²) in [5.41, 5.74) is 2.88. The fourth-order valence-electron chi connectivity index (χ4n) is 2.51. The molecule has 0 bridgehead atoms. The molecule has 1 N–H and O–H groups in total. The van der Waals surface area contributed by atoms with Gasteiger partial charge in [-0.05, 0) is 41.4 Å². The molecule has 0 spiro atoms. The summed E-state index contributed by atoms with van der Waals surface area (Å²) in [5.74, 6) is 1.98. The van der Waals surface area contributed by atoms with Crippen molar-refractivity contribution in [2.45, 2.75) is 0 Å². The van der Waals surface area contributed by atoms with Crippen LogP contribution in [0.25, 0.3) is 21.6 Å². The zero-order valence-electron chi connectivity index (χ0n) is 13.6. The van der Waals surface area contributed by atoms with Gasteiger partial charge in [-0.25, -0.2) is 0 Å². The number of phenolic OH excluding ortho intramolecular Hbond substituents is 1. The molecule has 3 rings (SSSR count). The normalized spacial score (nSPS) is 10.5. The highest BCUT2D eigenvalue weighted by molar-refractivity contribution is 7.10. The van der Waals surface area contributed by atoms with Crippen molar-refractivity contribution in [2.75, 3.05) is 21.3 Å². The molecular formula is C18H17NO4S. The molecular weight excluding hydrogens is 326 g/mol. The zero-order chi connectivity index (χ0) is 17.1. The van der Waals surface area contributed by atoms with E-state index < -0.39 is 0 Å². The molecule has 124 valence electrons. The monoisotopic (exact) mass is 343 g/mol. The summed E-state index contributed by atoms with van der Waals surface area (Å²) in [6.07, 6.45) is 1.82. The number of ether oxygens (including phenoxy) is 3. The van der Waals surface area contributed by atoms with E-state index in [0.29, 0.717) is 17.2 Å². The number of hydrogen-bond acceptors (Lipinski definition) is 6. The quantitative estimate of drug-likeness (QED) is 0.752. The molecule has 24 heavy (non-hydrogen) atoms. The number of hydrogen-bond donors (Lipinski definition) is 1. The summed E-state index contributed by atoms with van der Waals surface area (Å²) < 4.78 is 20.5. The molecule has 0 saturated carbocycles. The fraction of sp³-hybridized carbons (Fsp3) is 0.167. The molecule has 1 aromatic heterocycles. The first-order valence-corrected chi connectivity index (χ1v) is 7.99. The number of aromatic nitrogens is 1. The van der Waals surface area contributed by atoms with Crippen LogP contribution in [0, 0.1) is 0 Å². The van der Waals surface area contributed by atoms with Gasteiger partial charge in [-0.1, -0.05) is 12.1 Å². The van der Waals surface area contributed by atoms with Gasteiger partial charge in [0, 0.05) is 17.3 Å².